The van der Waals surface area contributed by atoms with Crippen molar-refractivity contribution in [1.82, 2.24) is 19.4 Å². The zero-order valence-corrected chi connectivity index (χ0v) is 17.8. The number of alkyl halides is 3. The maximum absolute atomic E-state index is 12.9. The maximum atomic E-state index is 12.9. The highest BCUT2D eigenvalue weighted by atomic mass is 19.4. The van der Waals surface area contributed by atoms with Crippen LogP contribution in [0.3, 0.4) is 0 Å². The van der Waals surface area contributed by atoms with Gasteiger partial charge in [0, 0.05) is 29.9 Å². The lowest BCUT2D eigenvalue weighted by atomic mass is 10.1. The molecule has 0 spiro atoms. The largest absolute Gasteiger partial charge is 0.416 e. The van der Waals surface area contributed by atoms with E-state index in [9.17, 15) is 23.3 Å². The van der Waals surface area contributed by atoms with Gasteiger partial charge in [-0.1, -0.05) is 12.1 Å². The Hall–Kier alpha value is -4.42. The number of hydrogen-bond donors (Lipinski definition) is 3. The number of anilines is 3. The van der Waals surface area contributed by atoms with Gasteiger partial charge in [0.15, 0.2) is 0 Å². The first-order chi connectivity index (χ1) is 16.0. The molecule has 0 unspecified atom stereocenters. The number of aromatic nitrogens is 4. The summed E-state index contributed by atoms with van der Waals surface area (Å²) in [6.07, 6.45) is -2.51. The Morgan fingerprint density at radius 2 is 1.82 bits per heavy atom. The Balaban J connectivity index is 1.64. The summed E-state index contributed by atoms with van der Waals surface area (Å²) in [7, 11) is 0. The second-order valence-electron chi connectivity index (χ2n) is 7.52. The minimum atomic E-state index is -4.44. The highest BCUT2D eigenvalue weighted by molar-refractivity contribution is 5.67. The predicted octanol–water partition coefficient (Wildman–Crippen LogP) is 3.85. The minimum Gasteiger partial charge on any atom is -0.384 e. The molecule has 0 aliphatic heterocycles. The summed E-state index contributed by atoms with van der Waals surface area (Å²) in [6, 6.07) is 7.71. The third-order valence-corrected chi connectivity index (χ3v) is 5.06. The van der Waals surface area contributed by atoms with Crippen molar-refractivity contribution in [3.63, 3.8) is 0 Å². The fourth-order valence-electron chi connectivity index (χ4n) is 3.56. The van der Waals surface area contributed by atoms with Gasteiger partial charge in [-0.05, 0) is 31.5 Å². The van der Waals surface area contributed by atoms with Gasteiger partial charge in [-0.25, -0.2) is 15.0 Å². The number of nitrogens with one attached hydrogen (secondary N) is 1. The number of aryl methyl sites for hydroxylation is 1. The monoisotopic (exact) mass is 472 g/mol. The molecule has 5 N–H and O–H groups in total. The van der Waals surface area contributed by atoms with E-state index in [1.807, 2.05) is 0 Å². The molecule has 0 atom stereocenters. The van der Waals surface area contributed by atoms with Crippen molar-refractivity contribution in [2.45, 2.75) is 19.5 Å². The number of nitro groups is 1. The third-order valence-electron chi connectivity index (χ3n) is 5.06. The number of benzene rings is 1. The van der Waals surface area contributed by atoms with Gasteiger partial charge >= 0.3 is 11.9 Å². The minimum absolute atomic E-state index is 0.0631. The molecule has 3 heterocycles. The molecule has 0 saturated heterocycles. The molecular weight excluding hydrogens is 453 g/mol. The van der Waals surface area contributed by atoms with Crippen LogP contribution in [-0.2, 0) is 12.6 Å². The van der Waals surface area contributed by atoms with Gasteiger partial charge < -0.3 is 16.8 Å². The molecule has 34 heavy (non-hydrogen) atoms. The van der Waals surface area contributed by atoms with Crippen LogP contribution in [0.2, 0.25) is 0 Å². The number of hydrogen-bond acceptors (Lipinski definition) is 8. The van der Waals surface area contributed by atoms with Crippen LogP contribution in [0.4, 0.5) is 36.4 Å². The molecule has 10 nitrogen and oxygen atoms in total. The lowest BCUT2D eigenvalue weighted by Gasteiger charge is -2.12. The maximum Gasteiger partial charge on any atom is 0.416 e. The smallest absolute Gasteiger partial charge is 0.384 e. The fourth-order valence-corrected chi connectivity index (χ4v) is 3.56. The van der Waals surface area contributed by atoms with Gasteiger partial charge in [0.25, 0.3) is 0 Å². The Labute approximate surface area is 190 Å². The van der Waals surface area contributed by atoms with Crippen molar-refractivity contribution in [3.8, 4) is 11.3 Å². The standard InChI is InChI=1S/C21H19F3N8O2/c1-11-10-31-17(28-11)9-15(12-2-4-14(5-3-12)21(22,23)24)29-20(31)27-7-6-13-8-16(25)30-19(26)18(13)32(33)34/h2-5,8-10H,6-7H2,1H3,(H,27,29)(H4,25,26,30). The predicted molar refractivity (Wildman–Crippen MR) is 120 cm³/mol. The van der Waals surface area contributed by atoms with E-state index in [2.05, 4.69) is 20.3 Å². The molecule has 4 rings (SSSR count). The topological polar surface area (TPSA) is 150 Å². The Bertz CT molecular complexity index is 1380. The number of pyridine rings is 1. The van der Waals surface area contributed by atoms with E-state index in [0.717, 1.165) is 12.1 Å². The van der Waals surface area contributed by atoms with E-state index in [0.29, 0.717) is 34.1 Å². The molecule has 176 valence electrons. The lowest BCUT2D eigenvalue weighted by molar-refractivity contribution is -0.384. The summed E-state index contributed by atoms with van der Waals surface area (Å²) in [5, 5.41) is 14.5. The normalized spacial score (nSPS) is 11.6. The Kier molecular flexibility index (Phi) is 5.69. The average Bonchev–Trinajstić information content (AvgIpc) is 3.12. The zero-order chi connectivity index (χ0) is 24.6. The third kappa shape index (κ3) is 4.53. The lowest BCUT2D eigenvalue weighted by Crippen LogP contribution is -2.13. The fraction of sp³-hybridized carbons (Fsp3) is 0.190. The van der Waals surface area contributed by atoms with Crippen LogP contribution in [0.25, 0.3) is 16.9 Å². The van der Waals surface area contributed by atoms with Crippen LogP contribution in [0.5, 0.6) is 0 Å². The molecule has 1 aromatic carbocycles. The summed E-state index contributed by atoms with van der Waals surface area (Å²) in [6.45, 7) is 2.01. The van der Waals surface area contributed by atoms with Gasteiger partial charge in [0.05, 0.1) is 21.9 Å². The molecule has 4 aromatic rings. The quantitative estimate of drug-likeness (QED) is 0.283. The summed E-state index contributed by atoms with van der Waals surface area (Å²) >= 11 is 0. The number of fused-ring (bicyclic) bond motifs is 1. The molecular formula is C21H19F3N8O2. The second-order valence-corrected chi connectivity index (χ2v) is 7.52. The van der Waals surface area contributed by atoms with Crippen molar-refractivity contribution < 1.29 is 18.1 Å². The SMILES string of the molecule is Cc1cn2c(NCCc3cc(N)nc(N)c3[N+](=O)[O-])nc(-c3ccc(C(F)(F)F)cc3)cc2n1. The molecule has 0 saturated carbocycles. The van der Waals surface area contributed by atoms with Crippen LogP contribution in [-0.4, -0.2) is 30.8 Å². The number of halogens is 3. The van der Waals surface area contributed by atoms with Gasteiger partial charge in [-0.2, -0.15) is 13.2 Å². The summed E-state index contributed by atoms with van der Waals surface area (Å²) < 4.78 is 40.4. The highest BCUT2D eigenvalue weighted by Gasteiger charge is 2.30. The van der Waals surface area contributed by atoms with E-state index in [4.69, 9.17) is 11.5 Å². The number of nitrogens with zero attached hydrogens (tertiary/aromatic N) is 5. The number of rotatable bonds is 6. The molecule has 0 aliphatic carbocycles. The highest BCUT2D eigenvalue weighted by Crippen LogP contribution is 2.31. The van der Waals surface area contributed by atoms with E-state index in [1.165, 1.54) is 18.2 Å². The first kappa shape index (κ1) is 22.8. The van der Waals surface area contributed by atoms with E-state index in [-0.39, 0.29) is 30.3 Å². The first-order valence-corrected chi connectivity index (χ1v) is 10.0. The average molecular weight is 472 g/mol. The summed E-state index contributed by atoms with van der Waals surface area (Å²) in [5.74, 6) is 0.161. The molecule has 0 aliphatic rings. The van der Waals surface area contributed by atoms with Crippen molar-refractivity contribution in [2.24, 2.45) is 0 Å². The van der Waals surface area contributed by atoms with Crippen LogP contribution in [0.1, 0.15) is 16.8 Å². The second kappa shape index (κ2) is 8.50. The Morgan fingerprint density at radius 1 is 1.12 bits per heavy atom. The van der Waals surface area contributed by atoms with Crippen molar-refractivity contribution in [2.75, 3.05) is 23.3 Å². The zero-order valence-electron chi connectivity index (χ0n) is 17.8. The molecule has 0 amide bonds. The van der Waals surface area contributed by atoms with E-state index in [1.54, 1.807) is 23.6 Å². The molecule has 0 fully saturated rings. The van der Waals surface area contributed by atoms with Crippen molar-refractivity contribution in [3.05, 3.63) is 69.5 Å². The Morgan fingerprint density at radius 3 is 2.47 bits per heavy atom. The van der Waals surface area contributed by atoms with Crippen molar-refractivity contribution in [1.29, 1.82) is 0 Å². The van der Waals surface area contributed by atoms with Crippen LogP contribution in [0.15, 0.2) is 42.6 Å². The first-order valence-electron chi connectivity index (χ1n) is 10.0. The van der Waals surface area contributed by atoms with E-state index >= 15 is 0 Å². The molecule has 13 heteroatoms. The van der Waals surface area contributed by atoms with Crippen molar-refractivity contribution >= 4 is 28.9 Å². The van der Waals surface area contributed by atoms with E-state index < -0.39 is 16.7 Å². The van der Waals surface area contributed by atoms with Crippen LogP contribution < -0.4 is 16.8 Å². The molecule has 3 aromatic heterocycles. The van der Waals surface area contributed by atoms with Gasteiger partial charge in [-0.3, -0.25) is 14.5 Å². The summed E-state index contributed by atoms with van der Waals surface area (Å²) in [5.41, 5.74) is 12.7. The molecule has 0 radical (unpaired) electrons. The van der Waals surface area contributed by atoms with Gasteiger partial charge in [-0.15, -0.1) is 0 Å². The van der Waals surface area contributed by atoms with Crippen LogP contribution in [0, 0.1) is 17.0 Å². The molecule has 0 bridgehead atoms. The number of nitrogens with two attached hydrogens (primary N) is 2. The van der Waals surface area contributed by atoms with Gasteiger partial charge in [0.1, 0.15) is 11.5 Å². The summed E-state index contributed by atoms with van der Waals surface area (Å²) in [4.78, 5) is 23.4. The van der Waals surface area contributed by atoms with Crippen LogP contribution >= 0.6 is 0 Å². The number of nitrogen functional groups attached to an aromatic ring is 2. The van der Waals surface area contributed by atoms with Gasteiger partial charge in [0.2, 0.25) is 11.8 Å². The number of imidazole rings is 1.